The van der Waals surface area contributed by atoms with Crippen molar-refractivity contribution in [2.45, 2.75) is 78.3 Å². The number of aryl methyl sites for hydroxylation is 2. The molecule has 0 amide bonds. The van der Waals surface area contributed by atoms with Crippen LogP contribution in [0.15, 0.2) is 24.5 Å². The van der Waals surface area contributed by atoms with Gasteiger partial charge in [-0.15, -0.1) is 0 Å². The molecule has 0 radical (unpaired) electrons. The number of nitrogens with two attached hydrogens (primary N) is 1. The first-order valence-electron chi connectivity index (χ1n) is 11.4. The number of hydrogen-bond donors (Lipinski definition) is 2. The second-order valence-corrected chi connectivity index (χ2v) is 11.9. The average molecular weight is 448 g/mol. The molecule has 5 nitrogen and oxygen atoms in total. The van der Waals surface area contributed by atoms with Crippen molar-refractivity contribution in [1.82, 2.24) is 19.7 Å². The van der Waals surface area contributed by atoms with Crippen LogP contribution in [0, 0.1) is 20.8 Å². The summed E-state index contributed by atoms with van der Waals surface area (Å²) in [6.07, 6.45) is 6.49. The molecule has 5 rings (SSSR count). The zero-order valence-electron chi connectivity index (χ0n) is 20.1. The van der Waals surface area contributed by atoms with Gasteiger partial charge in [0, 0.05) is 29.0 Å². The van der Waals surface area contributed by atoms with E-state index in [2.05, 4.69) is 80.8 Å². The molecular formula is C26H33N5S. The predicted molar refractivity (Wildman–Crippen MR) is 136 cm³/mol. The quantitative estimate of drug-likeness (QED) is 0.387. The Labute approximate surface area is 194 Å². The van der Waals surface area contributed by atoms with E-state index in [9.17, 15) is 0 Å². The standard InChI is InChI=1S/C26H33N5S/c1-14-12-31-13-17(8-20(31)16(3)28-14)19-9-21-23(29-24(27)32-21)22(15(19)2)18-10-25(4,5)30-26(6,7)11-18/h8-9,12-13,18,30H,10-11H2,1-7H3,(H2,27,29). The maximum absolute atomic E-state index is 6.21. The summed E-state index contributed by atoms with van der Waals surface area (Å²) in [7, 11) is 0. The average Bonchev–Trinajstić information content (AvgIpc) is 3.20. The molecule has 168 valence electrons. The molecule has 6 heteroatoms. The molecule has 0 aliphatic carbocycles. The molecule has 1 aromatic carbocycles. The SMILES string of the molecule is Cc1cn2cc(-c3cc4sc(N)nc4c(C4CC(C)(C)NC(C)(C)C4)c3C)cc2c(C)n1. The highest BCUT2D eigenvalue weighted by Crippen LogP contribution is 2.46. The highest BCUT2D eigenvalue weighted by molar-refractivity contribution is 7.22. The molecule has 0 spiro atoms. The van der Waals surface area contributed by atoms with Crippen LogP contribution in [0.3, 0.4) is 0 Å². The molecule has 0 saturated carbocycles. The van der Waals surface area contributed by atoms with Crippen LogP contribution in [0.4, 0.5) is 5.13 Å². The Balaban J connectivity index is 1.74. The lowest BCUT2D eigenvalue weighted by atomic mass is 9.71. The first kappa shape index (κ1) is 21.4. The fourth-order valence-corrected chi connectivity index (χ4v) is 6.89. The third kappa shape index (κ3) is 3.59. The number of thiazole rings is 1. The molecule has 0 unspecified atom stereocenters. The van der Waals surface area contributed by atoms with Crippen molar-refractivity contribution < 1.29 is 0 Å². The van der Waals surface area contributed by atoms with E-state index in [1.54, 1.807) is 11.3 Å². The molecule has 1 fully saturated rings. The number of nitrogens with zero attached hydrogens (tertiary/aromatic N) is 3. The van der Waals surface area contributed by atoms with Crippen molar-refractivity contribution in [2.24, 2.45) is 0 Å². The molecule has 1 aliphatic heterocycles. The summed E-state index contributed by atoms with van der Waals surface area (Å²) in [5, 5.41) is 4.47. The van der Waals surface area contributed by atoms with Crippen LogP contribution in [0.25, 0.3) is 26.9 Å². The van der Waals surface area contributed by atoms with Gasteiger partial charge >= 0.3 is 0 Å². The molecule has 3 aromatic heterocycles. The highest BCUT2D eigenvalue weighted by Gasteiger charge is 2.39. The second kappa shape index (κ2) is 7.03. The lowest BCUT2D eigenvalue weighted by Crippen LogP contribution is -2.57. The number of nitrogen functional groups attached to an aromatic ring is 1. The van der Waals surface area contributed by atoms with Gasteiger partial charge in [0.05, 0.1) is 27.1 Å². The minimum Gasteiger partial charge on any atom is -0.375 e. The predicted octanol–water partition coefficient (Wildman–Crippen LogP) is 6.14. The van der Waals surface area contributed by atoms with Gasteiger partial charge in [0.1, 0.15) is 0 Å². The van der Waals surface area contributed by atoms with E-state index in [4.69, 9.17) is 10.7 Å². The smallest absolute Gasteiger partial charge is 0.181 e. The Morgan fingerprint density at radius 2 is 1.72 bits per heavy atom. The normalized spacial score (nSPS) is 18.6. The summed E-state index contributed by atoms with van der Waals surface area (Å²) in [4.78, 5) is 9.46. The molecule has 0 atom stereocenters. The Kier molecular flexibility index (Phi) is 4.70. The molecule has 1 aliphatic rings. The summed E-state index contributed by atoms with van der Waals surface area (Å²) in [5.74, 6) is 0.424. The van der Waals surface area contributed by atoms with Crippen LogP contribution in [0.2, 0.25) is 0 Å². The number of piperidine rings is 1. The van der Waals surface area contributed by atoms with E-state index in [-0.39, 0.29) is 11.1 Å². The largest absolute Gasteiger partial charge is 0.375 e. The summed E-state index contributed by atoms with van der Waals surface area (Å²) < 4.78 is 3.38. The molecule has 3 N–H and O–H groups in total. The van der Waals surface area contributed by atoms with Crippen molar-refractivity contribution >= 4 is 32.2 Å². The van der Waals surface area contributed by atoms with Gasteiger partial charge in [0.2, 0.25) is 0 Å². The minimum atomic E-state index is 0.0634. The molecule has 1 saturated heterocycles. The lowest BCUT2D eigenvalue weighted by Gasteiger charge is -2.47. The maximum Gasteiger partial charge on any atom is 0.181 e. The molecule has 32 heavy (non-hydrogen) atoms. The topological polar surface area (TPSA) is 68.2 Å². The van der Waals surface area contributed by atoms with Crippen molar-refractivity contribution in [2.75, 3.05) is 5.73 Å². The highest BCUT2D eigenvalue weighted by atomic mass is 32.1. The third-order valence-electron chi connectivity index (χ3n) is 6.81. The minimum absolute atomic E-state index is 0.0634. The van der Waals surface area contributed by atoms with Crippen LogP contribution in [0.1, 0.15) is 69.0 Å². The van der Waals surface area contributed by atoms with Gasteiger partial charge in [-0.1, -0.05) is 11.3 Å². The van der Waals surface area contributed by atoms with Crippen molar-refractivity contribution in [3.8, 4) is 11.1 Å². The fourth-order valence-electron chi connectivity index (χ4n) is 6.10. The molecular weight excluding hydrogens is 414 g/mol. The summed E-state index contributed by atoms with van der Waals surface area (Å²) >= 11 is 1.59. The van der Waals surface area contributed by atoms with Gasteiger partial charge in [-0.25, -0.2) is 4.98 Å². The number of rotatable bonds is 2. The first-order chi connectivity index (χ1) is 14.9. The summed E-state index contributed by atoms with van der Waals surface area (Å²) in [6.45, 7) is 15.6. The van der Waals surface area contributed by atoms with Crippen molar-refractivity contribution in [3.05, 3.63) is 47.0 Å². The van der Waals surface area contributed by atoms with Gasteiger partial charge in [-0.3, -0.25) is 4.98 Å². The maximum atomic E-state index is 6.21. The second-order valence-electron chi connectivity index (χ2n) is 10.8. The number of fused-ring (bicyclic) bond motifs is 2. The Hall–Kier alpha value is -2.44. The van der Waals surface area contributed by atoms with Crippen LogP contribution in [-0.2, 0) is 0 Å². The first-order valence-corrected chi connectivity index (χ1v) is 12.2. The van der Waals surface area contributed by atoms with Crippen LogP contribution < -0.4 is 11.1 Å². The molecule has 4 aromatic rings. The molecule has 0 bridgehead atoms. The van der Waals surface area contributed by atoms with Crippen LogP contribution in [-0.4, -0.2) is 25.4 Å². The number of benzene rings is 1. The Bertz CT molecular complexity index is 1340. The van der Waals surface area contributed by atoms with Gasteiger partial charge < -0.3 is 15.5 Å². The zero-order chi connectivity index (χ0) is 23.0. The molecule has 4 heterocycles. The van der Waals surface area contributed by atoms with Gasteiger partial charge in [-0.2, -0.15) is 0 Å². The lowest BCUT2D eigenvalue weighted by molar-refractivity contribution is 0.162. The van der Waals surface area contributed by atoms with E-state index in [0.29, 0.717) is 11.0 Å². The third-order valence-corrected chi connectivity index (χ3v) is 7.64. The van der Waals surface area contributed by atoms with E-state index >= 15 is 0 Å². The van der Waals surface area contributed by atoms with Crippen molar-refractivity contribution in [3.63, 3.8) is 0 Å². The summed E-state index contributed by atoms with van der Waals surface area (Å²) in [6, 6.07) is 4.55. The Morgan fingerprint density at radius 1 is 1.03 bits per heavy atom. The monoisotopic (exact) mass is 447 g/mol. The number of aromatic nitrogens is 3. The fraction of sp³-hybridized carbons (Fsp3) is 0.462. The van der Waals surface area contributed by atoms with Crippen LogP contribution >= 0.6 is 11.3 Å². The Morgan fingerprint density at radius 3 is 2.41 bits per heavy atom. The summed E-state index contributed by atoms with van der Waals surface area (Å²) in [5.41, 5.74) is 15.8. The number of hydrogen-bond acceptors (Lipinski definition) is 5. The van der Waals surface area contributed by atoms with Gasteiger partial charge in [0.15, 0.2) is 5.13 Å². The van der Waals surface area contributed by atoms with E-state index in [1.807, 2.05) is 6.92 Å². The van der Waals surface area contributed by atoms with Gasteiger partial charge in [0.25, 0.3) is 0 Å². The van der Waals surface area contributed by atoms with Crippen LogP contribution in [0.5, 0.6) is 0 Å². The van der Waals surface area contributed by atoms with E-state index in [0.717, 1.165) is 35.3 Å². The zero-order valence-corrected chi connectivity index (χ0v) is 20.9. The van der Waals surface area contributed by atoms with E-state index < -0.39 is 0 Å². The van der Waals surface area contributed by atoms with Gasteiger partial charge in [-0.05, 0) is 96.0 Å². The number of nitrogens with one attached hydrogen (secondary N) is 1. The number of anilines is 1. The van der Waals surface area contributed by atoms with E-state index in [1.165, 1.54) is 27.0 Å². The van der Waals surface area contributed by atoms with Crippen molar-refractivity contribution in [1.29, 1.82) is 0 Å².